The molecule has 7 nitrogen and oxygen atoms in total. The van der Waals surface area contributed by atoms with E-state index in [9.17, 15) is 9.59 Å². The molecule has 1 unspecified atom stereocenters. The van der Waals surface area contributed by atoms with Gasteiger partial charge in [-0.1, -0.05) is 48.9 Å². The number of alkyl halides is 1. The molecule has 162 valence electrons. The van der Waals surface area contributed by atoms with Gasteiger partial charge in [-0.2, -0.15) is 0 Å². The molecule has 1 heterocycles. The first-order valence-corrected chi connectivity index (χ1v) is 11.3. The van der Waals surface area contributed by atoms with E-state index in [0.717, 1.165) is 35.4 Å². The number of ether oxygens (including phenoxy) is 2. The molecule has 1 aliphatic carbocycles. The molecule has 1 aromatic carbocycles. The lowest BCUT2D eigenvalue weighted by molar-refractivity contribution is 0.0769. The summed E-state index contributed by atoms with van der Waals surface area (Å²) < 4.78 is 10.5. The molecule has 0 spiro atoms. The summed E-state index contributed by atoms with van der Waals surface area (Å²) in [6, 6.07) is 9.52. The van der Waals surface area contributed by atoms with Crippen molar-refractivity contribution in [3.63, 3.8) is 0 Å². The summed E-state index contributed by atoms with van der Waals surface area (Å²) in [6.45, 7) is 4.46. The second-order valence-corrected chi connectivity index (χ2v) is 8.79. The standard InChI is InChI=1S/C21H26ClN3O4S/c1-3-11-25(21(27)29-14(2)22)16-9-10-17-18(12-16)30-19(23-17)24-20(26)28-13-15-7-5-4-6-8-15/h4-8,14,16H,3,9-13H2,1-2H3,(H,23,24,26)/t14?,16-/m0/s1. The number of anilines is 1. The van der Waals surface area contributed by atoms with E-state index in [1.165, 1.54) is 11.3 Å². The highest BCUT2D eigenvalue weighted by Gasteiger charge is 2.31. The molecule has 0 bridgehead atoms. The van der Waals surface area contributed by atoms with Crippen molar-refractivity contribution < 1.29 is 19.1 Å². The molecule has 3 rings (SSSR count). The molecule has 2 atom stereocenters. The fourth-order valence-electron chi connectivity index (χ4n) is 3.39. The molecule has 2 amide bonds. The molecular formula is C21H26ClN3O4S. The molecule has 0 saturated heterocycles. The van der Waals surface area contributed by atoms with Crippen LogP contribution >= 0.6 is 22.9 Å². The van der Waals surface area contributed by atoms with Crippen LogP contribution in [0.2, 0.25) is 0 Å². The minimum atomic E-state index is -0.669. The van der Waals surface area contributed by atoms with E-state index in [-0.39, 0.29) is 18.7 Å². The number of amides is 2. The average Bonchev–Trinajstić information content (AvgIpc) is 3.12. The van der Waals surface area contributed by atoms with Crippen LogP contribution in [0.3, 0.4) is 0 Å². The number of thiazole rings is 1. The number of nitrogens with zero attached hydrogens (tertiary/aromatic N) is 2. The lowest BCUT2D eigenvalue weighted by Crippen LogP contribution is -2.44. The van der Waals surface area contributed by atoms with Crippen LogP contribution in [0.1, 0.15) is 42.8 Å². The number of hydrogen-bond donors (Lipinski definition) is 1. The van der Waals surface area contributed by atoms with Crippen molar-refractivity contribution in [2.24, 2.45) is 0 Å². The number of fused-ring (bicyclic) bond motifs is 1. The van der Waals surface area contributed by atoms with Gasteiger partial charge >= 0.3 is 12.2 Å². The van der Waals surface area contributed by atoms with Crippen molar-refractivity contribution in [2.75, 3.05) is 11.9 Å². The Hall–Kier alpha value is -2.32. The van der Waals surface area contributed by atoms with Crippen molar-refractivity contribution in [1.82, 2.24) is 9.88 Å². The molecule has 30 heavy (non-hydrogen) atoms. The zero-order valence-electron chi connectivity index (χ0n) is 17.1. The second kappa shape index (κ2) is 10.6. The van der Waals surface area contributed by atoms with Crippen molar-refractivity contribution in [2.45, 2.75) is 57.7 Å². The number of carbonyl (C=O) groups excluding carboxylic acids is 2. The molecule has 9 heteroatoms. The highest BCUT2D eigenvalue weighted by Crippen LogP contribution is 2.32. The minimum absolute atomic E-state index is 0.0266. The van der Waals surface area contributed by atoms with Gasteiger partial charge in [-0.25, -0.2) is 14.6 Å². The van der Waals surface area contributed by atoms with Crippen LogP contribution in [-0.4, -0.2) is 40.2 Å². The quantitative estimate of drug-likeness (QED) is 0.586. The van der Waals surface area contributed by atoms with Crippen LogP contribution in [0.4, 0.5) is 14.7 Å². The third-order valence-corrected chi connectivity index (χ3v) is 5.86. The van der Waals surface area contributed by atoms with E-state index < -0.39 is 11.7 Å². The fraction of sp³-hybridized carbons (Fsp3) is 0.476. The number of halogens is 1. The van der Waals surface area contributed by atoms with E-state index in [1.807, 2.05) is 37.3 Å². The predicted molar refractivity (Wildman–Crippen MR) is 117 cm³/mol. The molecule has 0 radical (unpaired) electrons. The summed E-state index contributed by atoms with van der Waals surface area (Å²) in [6.07, 6.45) is 2.12. The monoisotopic (exact) mass is 451 g/mol. The summed E-state index contributed by atoms with van der Waals surface area (Å²) in [5, 5.41) is 3.22. The van der Waals surface area contributed by atoms with Crippen molar-refractivity contribution >= 4 is 40.3 Å². The van der Waals surface area contributed by atoms with Gasteiger partial charge in [0.25, 0.3) is 0 Å². The lowest BCUT2D eigenvalue weighted by atomic mass is 9.96. The third-order valence-electron chi connectivity index (χ3n) is 4.74. The van der Waals surface area contributed by atoms with Crippen molar-refractivity contribution in [1.29, 1.82) is 0 Å². The lowest BCUT2D eigenvalue weighted by Gasteiger charge is -2.33. The molecule has 1 aliphatic rings. The van der Waals surface area contributed by atoms with Crippen LogP contribution in [0.15, 0.2) is 30.3 Å². The Morgan fingerprint density at radius 1 is 1.37 bits per heavy atom. The smallest absolute Gasteiger partial charge is 0.413 e. The van der Waals surface area contributed by atoms with E-state index >= 15 is 0 Å². The molecule has 0 fully saturated rings. The maximum Gasteiger partial charge on any atom is 0.413 e. The Labute approximate surface area is 185 Å². The number of hydrogen-bond acceptors (Lipinski definition) is 6. The summed E-state index contributed by atoms with van der Waals surface area (Å²) in [4.78, 5) is 31.9. The van der Waals surface area contributed by atoms with E-state index in [4.69, 9.17) is 21.1 Å². The highest BCUT2D eigenvalue weighted by molar-refractivity contribution is 7.15. The van der Waals surface area contributed by atoms with Gasteiger partial charge in [-0.3, -0.25) is 5.32 Å². The van der Waals surface area contributed by atoms with Gasteiger partial charge in [0.05, 0.1) is 5.69 Å². The maximum absolute atomic E-state index is 12.4. The van der Waals surface area contributed by atoms with Crippen LogP contribution in [0, 0.1) is 0 Å². The maximum atomic E-state index is 12.4. The van der Waals surface area contributed by atoms with Gasteiger partial charge in [0.1, 0.15) is 6.61 Å². The number of aryl methyl sites for hydroxylation is 1. The molecule has 2 aromatic rings. The second-order valence-electron chi connectivity index (χ2n) is 7.09. The number of carbonyl (C=O) groups is 2. The Kier molecular flexibility index (Phi) is 7.93. The van der Waals surface area contributed by atoms with Gasteiger partial charge in [0.15, 0.2) is 10.7 Å². The van der Waals surface area contributed by atoms with Crippen LogP contribution in [0.5, 0.6) is 0 Å². The van der Waals surface area contributed by atoms with E-state index in [0.29, 0.717) is 18.1 Å². The first-order valence-electron chi connectivity index (χ1n) is 10.0. The summed E-state index contributed by atoms with van der Waals surface area (Å²) in [7, 11) is 0. The SMILES string of the molecule is CCCN(C(=O)OC(C)Cl)[C@H]1CCc2nc(NC(=O)OCc3ccccc3)sc2C1. The van der Waals surface area contributed by atoms with Gasteiger partial charge in [-0.15, -0.1) is 11.3 Å². The van der Waals surface area contributed by atoms with E-state index in [1.54, 1.807) is 11.8 Å². The molecule has 0 aliphatic heterocycles. The summed E-state index contributed by atoms with van der Waals surface area (Å²) in [5.41, 5.74) is 1.21. The van der Waals surface area contributed by atoms with Crippen LogP contribution < -0.4 is 5.32 Å². The van der Waals surface area contributed by atoms with Crippen molar-refractivity contribution in [3.8, 4) is 0 Å². The Morgan fingerprint density at radius 3 is 2.83 bits per heavy atom. The van der Waals surface area contributed by atoms with Gasteiger partial charge in [0, 0.05) is 23.9 Å². The minimum Gasteiger partial charge on any atom is -0.444 e. The Morgan fingerprint density at radius 2 is 2.13 bits per heavy atom. The number of aromatic nitrogens is 1. The van der Waals surface area contributed by atoms with Gasteiger partial charge < -0.3 is 14.4 Å². The van der Waals surface area contributed by atoms with Gasteiger partial charge in [-0.05, 0) is 31.7 Å². The predicted octanol–water partition coefficient (Wildman–Crippen LogP) is 5.18. The van der Waals surface area contributed by atoms with Crippen molar-refractivity contribution in [3.05, 3.63) is 46.5 Å². The Bertz CT molecular complexity index is 859. The Balaban J connectivity index is 1.58. The summed E-state index contributed by atoms with van der Waals surface area (Å²) >= 11 is 7.25. The van der Waals surface area contributed by atoms with Crippen LogP contribution in [-0.2, 0) is 28.9 Å². The third kappa shape index (κ3) is 6.09. The molecular weight excluding hydrogens is 426 g/mol. The number of rotatable bonds is 7. The first kappa shape index (κ1) is 22.4. The van der Waals surface area contributed by atoms with Gasteiger partial charge in [0.2, 0.25) is 0 Å². The fourth-order valence-corrected chi connectivity index (χ4v) is 4.54. The zero-order chi connectivity index (χ0) is 21.5. The first-order chi connectivity index (χ1) is 14.5. The number of benzene rings is 1. The topological polar surface area (TPSA) is 80.8 Å². The summed E-state index contributed by atoms with van der Waals surface area (Å²) in [5.74, 6) is 0. The molecule has 1 N–H and O–H groups in total. The number of nitrogens with one attached hydrogen (secondary N) is 1. The van der Waals surface area contributed by atoms with E-state index in [2.05, 4.69) is 10.3 Å². The van der Waals surface area contributed by atoms with Crippen LogP contribution in [0.25, 0.3) is 0 Å². The normalized spacial score (nSPS) is 16.3. The molecule has 1 aromatic heterocycles. The largest absolute Gasteiger partial charge is 0.444 e. The molecule has 0 saturated carbocycles. The average molecular weight is 452 g/mol. The highest BCUT2D eigenvalue weighted by atomic mass is 35.5. The zero-order valence-corrected chi connectivity index (χ0v) is 18.7.